The van der Waals surface area contributed by atoms with Gasteiger partial charge in [-0.2, -0.15) is 0 Å². The second kappa shape index (κ2) is 9.99. The van der Waals surface area contributed by atoms with Gasteiger partial charge in [-0.15, -0.1) is 0 Å². The van der Waals surface area contributed by atoms with Crippen LogP contribution in [0.2, 0.25) is 0 Å². The van der Waals surface area contributed by atoms with E-state index in [2.05, 4.69) is 38.2 Å². The van der Waals surface area contributed by atoms with E-state index >= 15 is 0 Å². The number of hydrogen-bond donors (Lipinski definition) is 1. The Kier molecular flexibility index (Phi) is 7.94. The Morgan fingerprint density at radius 3 is 2.41 bits per heavy atom. The molecule has 0 aromatic heterocycles. The van der Waals surface area contributed by atoms with Crippen LogP contribution in [0, 0.1) is 26.7 Å². The van der Waals surface area contributed by atoms with Crippen LogP contribution < -0.4 is 10.1 Å². The van der Waals surface area contributed by atoms with Crippen LogP contribution in [-0.4, -0.2) is 48.7 Å². The molecular weight excluding hydrogens is 368 g/mol. The quantitative estimate of drug-likeness (QED) is 0.724. The molecule has 1 fully saturated rings. The minimum absolute atomic E-state index is 0.0451. The van der Waals surface area contributed by atoms with Crippen molar-refractivity contribution in [3.63, 3.8) is 0 Å². The van der Waals surface area contributed by atoms with Crippen molar-refractivity contribution in [1.82, 2.24) is 10.2 Å². The number of carbonyl (C=O) groups is 2. The summed E-state index contributed by atoms with van der Waals surface area (Å²) in [7, 11) is 0. The molecule has 1 heterocycles. The van der Waals surface area contributed by atoms with Crippen LogP contribution in [0.15, 0.2) is 12.1 Å². The van der Waals surface area contributed by atoms with Gasteiger partial charge in [0.25, 0.3) is 0 Å². The van der Waals surface area contributed by atoms with Crippen LogP contribution in [0.1, 0.15) is 56.7 Å². The molecule has 0 atom stereocenters. The molecule has 29 heavy (non-hydrogen) atoms. The van der Waals surface area contributed by atoms with Crippen molar-refractivity contribution in [2.45, 2.75) is 66.4 Å². The number of amides is 2. The number of nitrogens with one attached hydrogen (secondary N) is 1. The predicted octanol–water partition coefficient (Wildman–Crippen LogP) is 4.14. The zero-order chi connectivity index (χ0) is 21.6. The normalized spacial score (nSPS) is 15.2. The molecule has 162 valence electrons. The molecule has 0 aliphatic carbocycles. The molecule has 6 heteroatoms. The average molecular weight is 405 g/mol. The lowest BCUT2D eigenvalue weighted by molar-refractivity contribution is -0.126. The molecule has 2 rings (SSSR count). The highest BCUT2D eigenvalue weighted by Crippen LogP contribution is 2.23. The summed E-state index contributed by atoms with van der Waals surface area (Å²) in [5.41, 5.74) is 3.08. The molecule has 0 radical (unpaired) electrons. The highest BCUT2D eigenvalue weighted by Gasteiger charge is 2.29. The number of likely N-dealkylation sites (tertiary alicyclic amines) is 1. The van der Waals surface area contributed by atoms with Crippen LogP contribution in [0.3, 0.4) is 0 Å². The molecule has 6 nitrogen and oxygen atoms in total. The Morgan fingerprint density at radius 1 is 1.14 bits per heavy atom. The molecule has 0 unspecified atom stereocenters. The number of rotatable bonds is 6. The molecule has 1 aromatic carbocycles. The third kappa shape index (κ3) is 7.26. The molecule has 1 saturated heterocycles. The topological polar surface area (TPSA) is 67.9 Å². The van der Waals surface area contributed by atoms with E-state index in [4.69, 9.17) is 9.47 Å². The largest absolute Gasteiger partial charge is 0.493 e. The summed E-state index contributed by atoms with van der Waals surface area (Å²) >= 11 is 0. The van der Waals surface area contributed by atoms with Gasteiger partial charge in [0.05, 0.1) is 6.61 Å². The van der Waals surface area contributed by atoms with E-state index in [0.29, 0.717) is 39.1 Å². The van der Waals surface area contributed by atoms with Gasteiger partial charge in [-0.1, -0.05) is 6.07 Å². The highest BCUT2D eigenvalue weighted by molar-refractivity contribution is 5.79. The van der Waals surface area contributed by atoms with E-state index in [-0.39, 0.29) is 17.9 Å². The van der Waals surface area contributed by atoms with Crippen LogP contribution >= 0.6 is 0 Å². The van der Waals surface area contributed by atoms with Crippen molar-refractivity contribution in [3.8, 4) is 5.75 Å². The first-order chi connectivity index (χ1) is 13.6. The fraction of sp³-hybridized carbons (Fsp3) is 0.652. The molecule has 0 saturated carbocycles. The third-order valence-electron chi connectivity index (χ3n) is 5.16. The summed E-state index contributed by atoms with van der Waals surface area (Å²) in [5, 5.41) is 3.00. The van der Waals surface area contributed by atoms with Crippen LogP contribution in [-0.2, 0) is 9.53 Å². The molecule has 0 bridgehead atoms. The van der Waals surface area contributed by atoms with Gasteiger partial charge in [0.15, 0.2) is 0 Å². The Hall–Kier alpha value is -2.24. The second-order valence-electron chi connectivity index (χ2n) is 8.94. The van der Waals surface area contributed by atoms with Gasteiger partial charge < -0.3 is 19.7 Å². The number of ether oxygens (including phenoxy) is 2. The minimum atomic E-state index is -0.497. The summed E-state index contributed by atoms with van der Waals surface area (Å²) in [5.74, 6) is 0.941. The predicted molar refractivity (Wildman–Crippen MR) is 114 cm³/mol. The monoisotopic (exact) mass is 404 g/mol. The van der Waals surface area contributed by atoms with Crippen molar-refractivity contribution in [2.24, 2.45) is 5.92 Å². The third-order valence-corrected chi connectivity index (χ3v) is 5.16. The number of carbonyl (C=O) groups excluding carboxylic acids is 2. The molecule has 1 aliphatic heterocycles. The Balaban J connectivity index is 1.66. The maximum Gasteiger partial charge on any atom is 0.410 e. The van der Waals surface area contributed by atoms with Crippen LogP contribution in [0.25, 0.3) is 0 Å². The van der Waals surface area contributed by atoms with Crippen LogP contribution in [0.4, 0.5) is 4.79 Å². The standard InChI is InChI=1S/C23H36N2O4/c1-16-14-17(2)18(3)20(15-16)28-13-7-10-24-21(26)19-8-11-25(12-9-19)22(27)29-23(4,5)6/h14-15,19H,7-13H2,1-6H3,(H,24,26). The van der Waals surface area contributed by atoms with Gasteiger partial charge in [-0.25, -0.2) is 4.79 Å². The van der Waals surface area contributed by atoms with Gasteiger partial charge in [0.1, 0.15) is 11.4 Å². The van der Waals surface area contributed by atoms with E-state index in [9.17, 15) is 9.59 Å². The zero-order valence-electron chi connectivity index (χ0n) is 18.8. The van der Waals surface area contributed by atoms with Crippen LogP contribution in [0.5, 0.6) is 5.75 Å². The van der Waals surface area contributed by atoms with Crippen molar-refractivity contribution in [2.75, 3.05) is 26.2 Å². The lowest BCUT2D eigenvalue weighted by atomic mass is 9.96. The Morgan fingerprint density at radius 2 is 1.79 bits per heavy atom. The van der Waals surface area contributed by atoms with Crippen molar-refractivity contribution in [1.29, 1.82) is 0 Å². The van der Waals surface area contributed by atoms with Crippen molar-refractivity contribution < 1.29 is 19.1 Å². The molecule has 1 aliphatic rings. The first-order valence-electron chi connectivity index (χ1n) is 10.5. The first-order valence-corrected chi connectivity index (χ1v) is 10.5. The van der Waals surface area contributed by atoms with E-state index < -0.39 is 5.60 Å². The van der Waals surface area contributed by atoms with Gasteiger partial charge in [-0.05, 0) is 83.6 Å². The molecule has 0 spiro atoms. The summed E-state index contributed by atoms with van der Waals surface area (Å²) in [6, 6.07) is 4.20. The molecular formula is C23H36N2O4. The van der Waals surface area contributed by atoms with Gasteiger partial charge in [0.2, 0.25) is 5.91 Å². The smallest absolute Gasteiger partial charge is 0.410 e. The van der Waals surface area contributed by atoms with E-state index in [1.807, 2.05) is 20.8 Å². The Labute approximate surface area is 174 Å². The van der Waals surface area contributed by atoms with Crippen molar-refractivity contribution in [3.05, 3.63) is 28.8 Å². The second-order valence-corrected chi connectivity index (χ2v) is 8.94. The van der Waals surface area contributed by atoms with E-state index in [1.54, 1.807) is 4.90 Å². The molecule has 2 amide bonds. The lowest BCUT2D eigenvalue weighted by Gasteiger charge is -2.32. The lowest BCUT2D eigenvalue weighted by Crippen LogP contribution is -2.45. The molecule has 1 N–H and O–H groups in total. The zero-order valence-corrected chi connectivity index (χ0v) is 18.8. The summed E-state index contributed by atoms with van der Waals surface area (Å²) < 4.78 is 11.3. The highest BCUT2D eigenvalue weighted by atomic mass is 16.6. The summed E-state index contributed by atoms with van der Waals surface area (Å²) in [6.07, 6.45) is 1.80. The number of aryl methyl sites for hydroxylation is 2. The average Bonchev–Trinajstić information content (AvgIpc) is 2.63. The number of nitrogens with zero attached hydrogens (tertiary/aromatic N) is 1. The number of benzene rings is 1. The Bertz CT molecular complexity index is 716. The van der Waals surface area contributed by atoms with Gasteiger partial charge >= 0.3 is 6.09 Å². The number of hydrogen-bond acceptors (Lipinski definition) is 4. The fourth-order valence-electron chi connectivity index (χ4n) is 3.41. The minimum Gasteiger partial charge on any atom is -0.493 e. The first kappa shape index (κ1) is 23.0. The van der Waals surface area contributed by atoms with Gasteiger partial charge in [-0.3, -0.25) is 4.79 Å². The fourth-order valence-corrected chi connectivity index (χ4v) is 3.41. The SMILES string of the molecule is Cc1cc(C)c(C)c(OCCCNC(=O)C2CCN(C(=O)OC(C)(C)C)CC2)c1. The van der Waals surface area contributed by atoms with Crippen molar-refractivity contribution >= 4 is 12.0 Å². The maximum atomic E-state index is 12.4. The van der Waals surface area contributed by atoms with Gasteiger partial charge in [0, 0.05) is 25.6 Å². The summed E-state index contributed by atoms with van der Waals surface area (Å²) in [4.78, 5) is 26.2. The van der Waals surface area contributed by atoms with E-state index in [1.165, 1.54) is 11.1 Å². The maximum absolute atomic E-state index is 12.4. The summed E-state index contributed by atoms with van der Waals surface area (Å²) in [6.45, 7) is 14.1. The molecule has 1 aromatic rings. The number of piperidine rings is 1. The van der Waals surface area contributed by atoms with E-state index in [0.717, 1.165) is 17.7 Å².